The molecule has 2 rings (SSSR count). The molecule has 8 heteroatoms. The van der Waals surface area contributed by atoms with Crippen LogP contribution in [0.3, 0.4) is 0 Å². The number of ether oxygens (including phenoxy) is 2. The summed E-state index contributed by atoms with van der Waals surface area (Å²) in [7, 11) is 0. The highest BCUT2D eigenvalue weighted by Gasteiger charge is 2.26. The highest BCUT2D eigenvalue weighted by atomic mass is 16.5. The van der Waals surface area contributed by atoms with Crippen LogP contribution in [0.4, 0.5) is 0 Å². The first-order chi connectivity index (χ1) is 14.1. The number of amides is 1. The number of aromatic nitrogens is 1. The summed E-state index contributed by atoms with van der Waals surface area (Å²) in [5.74, 6) is -1.15. The van der Waals surface area contributed by atoms with Gasteiger partial charge >= 0.3 is 5.97 Å². The molecule has 0 bridgehead atoms. The number of ketones is 2. The van der Waals surface area contributed by atoms with Crippen LogP contribution in [0.5, 0.6) is 5.75 Å². The van der Waals surface area contributed by atoms with E-state index < -0.39 is 23.8 Å². The van der Waals surface area contributed by atoms with Crippen molar-refractivity contribution < 1.29 is 28.7 Å². The number of carbonyl (C=O) groups is 4. The van der Waals surface area contributed by atoms with E-state index >= 15 is 0 Å². The van der Waals surface area contributed by atoms with Crippen molar-refractivity contribution in [3.8, 4) is 5.75 Å². The quantitative estimate of drug-likeness (QED) is 0.482. The lowest BCUT2D eigenvalue weighted by atomic mass is 10.0. The number of hydrogen-bond acceptors (Lipinski definition) is 6. The number of aryl methyl sites for hydroxylation is 1. The molecule has 1 heterocycles. The van der Waals surface area contributed by atoms with Gasteiger partial charge in [0.1, 0.15) is 12.3 Å². The predicted molar refractivity (Wildman–Crippen MR) is 110 cm³/mol. The molecule has 0 unspecified atom stereocenters. The maximum absolute atomic E-state index is 12.6. The highest BCUT2D eigenvalue weighted by Crippen LogP contribution is 2.20. The number of esters is 1. The number of hydrogen-bond donors (Lipinski definition) is 2. The lowest BCUT2D eigenvalue weighted by molar-refractivity contribution is -0.145. The van der Waals surface area contributed by atoms with E-state index in [0.717, 1.165) is 0 Å². The molecule has 0 saturated carbocycles. The van der Waals surface area contributed by atoms with E-state index in [1.54, 1.807) is 38.1 Å². The van der Waals surface area contributed by atoms with Crippen LogP contribution in [0.2, 0.25) is 0 Å². The summed E-state index contributed by atoms with van der Waals surface area (Å²) in [4.78, 5) is 51.4. The molecule has 0 aliphatic heterocycles. The zero-order chi connectivity index (χ0) is 22.4. The van der Waals surface area contributed by atoms with Gasteiger partial charge in [0.05, 0.1) is 12.3 Å². The Balaban J connectivity index is 1.93. The lowest BCUT2D eigenvalue weighted by Crippen LogP contribution is -2.34. The van der Waals surface area contributed by atoms with Crippen molar-refractivity contribution in [2.45, 2.75) is 40.7 Å². The molecule has 2 N–H and O–H groups in total. The number of carbonyl (C=O) groups excluding carboxylic acids is 4. The van der Waals surface area contributed by atoms with Gasteiger partial charge in [-0.2, -0.15) is 0 Å². The Morgan fingerprint density at radius 1 is 1.10 bits per heavy atom. The van der Waals surface area contributed by atoms with Crippen molar-refractivity contribution in [2.75, 3.05) is 13.2 Å². The second kappa shape index (κ2) is 9.87. The van der Waals surface area contributed by atoms with Gasteiger partial charge in [-0.25, -0.2) is 0 Å². The van der Waals surface area contributed by atoms with Crippen LogP contribution in [0.1, 0.15) is 63.2 Å². The SMILES string of the molecule is CCOc1ccc(C(=O)NCC(=O)O[C@@H](C)C(=O)c2[nH]c(C)c(C(C)=O)c2C)cc1. The average molecular weight is 414 g/mol. The predicted octanol–water partition coefficient (Wildman–Crippen LogP) is 2.78. The number of H-pyrrole nitrogens is 1. The molecule has 0 radical (unpaired) electrons. The lowest BCUT2D eigenvalue weighted by Gasteiger charge is -2.13. The van der Waals surface area contributed by atoms with E-state index in [-0.39, 0.29) is 18.0 Å². The Morgan fingerprint density at radius 2 is 1.73 bits per heavy atom. The van der Waals surface area contributed by atoms with Crippen LogP contribution in [0, 0.1) is 13.8 Å². The number of Topliss-reactive ketones (excluding diaryl/α,β-unsaturated/α-hetero) is 2. The summed E-state index contributed by atoms with van der Waals surface area (Å²) in [5, 5.41) is 2.46. The van der Waals surface area contributed by atoms with E-state index in [2.05, 4.69) is 10.3 Å². The molecule has 1 atom stereocenters. The Kier molecular flexibility index (Phi) is 7.52. The Labute approximate surface area is 175 Å². The molecule has 1 aromatic carbocycles. The molecule has 1 aromatic heterocycles. The molecular weight excluding hydrogens is 388 g/mol. The third-order valence-corrected chi connectivity index (χ3v) is 4.53. The molecule has 160 valence electrons. The minimum atomic E-state index is -1.07. The maximum Gasteiger partial charge on any atom is 0.326 e. The number of benzene rings is 1. The number of nitrogens with one attached hydrogen (secondary N) is 2. The van der Waals surface area contributed by atoms with Gasteiger partial charge in [-0.05, 0) is 64.4 Å². The summed E-state index contributed by atoms with van der Waals surface area (Å²) in [6.07, 6.45) is -1.07. The molecule has 0 fully saturated rings. The van der Waals surface area contributed by atoms with Gasteiger partial charge in [0.2, 0.25) is 5.78 Å². The minimum absolute atomic E-state index is 0.151. The van der Waals surface area contributed by atoms with E-state index in [4.69, 9.17) is 9.47 Å². The van der Waals surface area contributed by atoms with Crippen LogP contribution < -0.4 is 10.1 Å². The summed E-state index contributed by atoms with van der Waals surface area (Å²) in [5.41, 5.74) is 2.17. The van der Waals surface area contributed by atoms with Crippen LogP contribution in [-0.4, -0.2) is 47.7 Å². The first-order valence-corrected chi connectivity index (χ1v) is 9.60. The van der Waals surface area contributed by atoms with Crippen LogP contribution in [0.15, 0.2) is 24.3 Å². The highest BCUT2D eigenvalue weighted by molar-refractivity contribution is 6.05. The van der Waals surface area contributed by atoms with Crippen molar-refractivity contribution in [1.82, 2.24) is 10.3 Å². The van der Waals surface area contributed by atoms with E-state index in [9.17, 15) is 19.2 Å². The van der Waals surface area contributed by atoms with Crippen molar-refractivity contribution in [1.29, 1.82) is 0 Å². The fraction of sp³-hybridized carbons (Fsp3) is 0.364. The van der Waals surface area contributed by atoms with Crippen molar-refractivity contribution >= 4 is 23.4 Å². The second-order valence-corrected chi connectivity index (χ2v) is 6.82. The Morgan fingerprint density at radius 3 is 2.27 bits per heavy atom. The fourth-order valence-electron chi connectivity index (χ4n) is 3.14. The zero-order valence-electron chi connectivity index (χ0n) is 17.8. The molecule has 0 aliphatic rings. The Hall–Kier alpha value is -3.42. The van der Waals surface area contributed by atoms with Crippen LogP contribution in [0.25, 0.3) is 0 Å². The molecule has 0 spiro atoms. The molecule has 2 aromatic rings. The number of rotatable bonds is 9. The standard InChI is InChI=1S/C22H26N2O6/c1-6-29-17-9-7-16(8-10-17)22(28)23-11-18(26)30-15(5)21(27)20-12(2)19(14(4)25)13(3)24-20/h7-10,15,24H,6,11H2,1-5H3,(H,23,28)/t15-/m0/s1. The van der Waals surface area contributed by atoms with Crippen LogP contribution in [-0.2, 0) is 9.53 Å². The zero-order valence-corrected chi connectivity index (χ0v) is 17.8. The summed E-state index contributed by atoms with van der Waals surface area (Å²) in [6.45, 7) is 8.23. The Bertz CT molecular complexity index is 959. The minimum Gasteiger partial charge on any atom is -0.494 e. The van der Waals surface area contributed by atoms with E-state index in [1.165, 1.54) is 13.8 Å². The molecule has 0 saturated heterocycles. The largest absolute Gasteiger partial charge is 0.494 e. The molecule has 1 amide bonds. The topological polar surface area (TPSA) is 115 Å². The average Bonchev–Trinajstić information content (AvgIpc) is 3.00. The van der Waals surface area contributed by atoms with E-state index in [0.29, 0.717) is 34.7 Å². The van der Waals surface area contributed by atoms with Gasteiger partial charge in [-0.15, -0.1) is 0 Å². The monoisotopic (exact) mass is 414 g/mol. The first kappa shape index (κ1) is 22.9. The van der Waals surface area contributed by atoms with Crippen molar-refractivity contribution in [3.63, 3.8) is 0 Å². The third kappa shape index (κ3) is 5.34. The van der Waals surface area contributed by atoms with E-state index in [1.807, 2.05) is 6.92 Å². The first-order valence-electron chi connectivity index (χ1n) is 9.60. The third-order valence-electron chi connectivity index (χ3n) is 4.53. The van der Waals surface area contributed by atoms with Gasteiger partial charge in [-0.1, -0.05) is 0 Å². The molecule has 0 aliphatic carbocycles. The molecule has 8 nitrogen and oxygen atoms in total. The van der Waals surface area contributed by atoms with Gasteiger partial charge in [0.25, 0.3) is 5.91 Å². The van der Waals surface area contributed by atoms with Gasteiger partial charge in [0, 0.05) is 16.8 Å². The van der Waals surface area contributed by atoms with Gasteiger partial charge in [-0.3, -0.25) is 19.2 Å². The molecule has 30 heavy (non-hydrogen) atoms. The summed E-state index contributed by atoms with van der Waals surface area (Å²) in [6, 6.07) is 6.49. The van der Waals surface area contributed by atoms with Crippen LogP contribution >= 0.6 is 0 Å². The maximum atomic E-state index is 12.6. The van der Waals surface area contributed by atoms with Crippen molar-refractivity contribution in [2.24, 2.45) is 0 Å². The smallest absolute Gasteiger partial charge is 0.326 e. The van der Waals surface area contributed by atoms with Gasteiger partial charge < -0.3 is 19.8 Å². The number of aromatic amines is 1. The molecular formula is C22H26N2O6. The second-order valence-electron chi connectivity index (χ2n) is 6.82. The fourth-order valence-corrected chi connectivity index (χ4v) is 3.14. The summed E-state index contributed by atoms with van der Waals surface area (Å²) < 4.78 is 10.5. The van der Waals surface area contributed by atoms with Gasteiger partial charge in [0.15, 0.2) is 11.9 Å². The normalized spacial score (nSPS) is 11.5. The summed E-state index contributed by atoms with van der Waals surface area (Å²) >= 11 is 0. The van der Waals surface area contributed by atoms with Crippen molar-refractivity contribution in [3.05, 3.63) is 52.3 Å².